The number of amides is 1. The molecular weight excluding hydrogens is 224 g/mol. The molecule has 1 aromatic heterocycles. The largest absolute Gasteiger partial charge is 0.399 e. The van der Waals surface area contributed by atoms with Crippen molar-refractivity contribution in [3.63, 3.8) is 0 Å². The van der Waals surface area contributed by atoms with Crippen LogP contribution in [0.25, 0.3) is 0 Å². The second-order valence-corrected chi connectivity index (χ2v) is 4.03. The highest BCUT2D eigenvalue weighted by Crippen LogP contribution is 2.18. The van der Waals surface area contributed by atoms with E-state index in [1.165, 1.54) is 11.3 Å². The van der Waals surface area contributed by atoms with Crippen LogP contribution in [0, 0.1) is 0 Å². The monoisotopic (exact) mass is 234 g/mol. The van der Waals surface area contributed by atoms with E-state index >= 15 is 0 Å². The summed E-state index contributed by atoms with van der Waals surface area (Å²) in [5.41, 5.74) is 12.5. The van der Waals surface area contributed by atoms with E-state index in [4.69, 9.17) is 11.5 Å². The van der Waals surface area contributed by atoms with E-state index < -0.39 is 0 Å². The Balaban J connectivity index is 2.21. The zero-order valence-corrected chi connectivity index (χ0v) is 9.12. The number of carbonyl (C=O) groups is 1. The molecule has 0 saturated carbocycles. The molecule has 0 radical (unpaired) electrons. The molecule has 82 valence electrons. The van der Waals surface area contributed by atoms with Crippen molar-refractivity contribution in [2.75, 3.05) is 16.8 Å². The zero-order valence-electron chi connectivity index (χ0n) is 8.31. The molecule has 0 fully saturated rings. The minimum atomic E-state index is -0.285. The minimum absolute atomic E-state index is 0.285. The van der Waals surface area contributed by atoms with Crippen LogP contribution in [0.5, 0.6) is 0 Å². The lowest BCUT2D eigenvalue weighted by Gasteiger charge is -2.05. The maximum Gasteiger partial charge on any atom is 0.259 e. The van der Waals surface area contributed by atoms with E-state index in [-0.39, 0.29) is 5.91 Å². The van der Waals surface area contributed by atoms with Crippen molar-refractivity contribution >= 4 is 33.8 Å². The number of hydrogen-bond acceptors (Lipinski definition) is 5. The first-order valence-corrected chi connectivity index (χ1v) is 5.40. The molecular formula is C10H10N4OS. The SMILES string of the molecule is Nc1ccc(C(=O)Nc2nccs2)c(N)c1. The van der Waals surface area contributed by atoms with E-state index in [9.17, 15) is 4.79 Å². The quantitative estimate of drug-likeness (QED) is 0.687. The van der Waals surface area contributed by atoms with E-state index in [1.807, 2.05) is 0 Å². The van der Waals surface area contributed by atoms with Gasteiger partial charge in [-0.2, -0.15) is 0 Å². The van der Waals surface area contributed by atoms with Crippen LogP contribution >= 0.6 is 11.3 Å². The van der Waals surface area contributed by atoms with Crippen LogP contribution in [0.2, 0.25) is 0 Å². The maximum atomic E-state index is 11.8. The van der Waals surface area contributed by atoms with Crippen molar-refractivity contribution in [3.8, 4) is 0 Å². The predicted octanol–water partition coefficient (Wildman–Crippen LogP) is 1.56. The van der Waals surface area contributed by atoms with Gasteiger partial charge in [0.05, 0.1) is 5.56 Å². The molecule has 5 nitrogen and oxygen atoms in total. The van der Waals surface area contributed by atoms with Crippen LogP contribution in [0.15, 0.2) is 29.8 Å². The predicted molar refractivity (Wildman–Crippen MR) is 65.3 cm³/mol. The standard InChI is InChI=1S/C10H10N4OS/c11-6-1-2-7(8(12)5-6)9(15)14-10-13-3-4-16-10/h1-5H,11-12H2,(H,13,14,15). The molecule has 0 spiro atoms. The summed E-state index contributed by atoms with van der Waals surface area (Å²) in [5.74, 6) is -0.285. The Morgan fingerprint density at radius 3 is 2.81 bits per heavy atom. The summed E-state index contributed by atoms with van der Waals surface area (Å²) in [6, 6.07) is 4.78. The van der Waals surface area contributed by atoms with Gasteiger partial charge in [-0.25, -0.2) is 4.98 Å². The van der Waals surface area contributed by atoms with Gasteiger partial charge < -0.3 is 11.5 Å². The van der Waals surface area contributed by atoms with Gasteiger partial charge in [-0.1, -0.05) is 0 Å². The molecule has 1 amide bonds. The van der Waals surface area contributed by atoms with Gasteiger partial charge in [0.2, 0.25) is 0 Å². The van der Waals surface area contributed by atoms with Gasteiger partial charge in [0, 0.05) is 23.0 Å². The third kappa shape index (κ3) is 2.12. The molecule has 6 heteroatoms. The Morgan fingerprint density at radius 2 is 2.19 bits per heavy atom. The van der Waals surface area contributed by atoms with Crippen LogP contribution in [0.1, 0.15) is 10.4 Å². The maximum absolute atomic E-state index is 11.8. The summed E-state index contributed by atoms with van der Waals surface area (Å²) in [6.45, 7) is 0. The Morgan fingerprint density at radius 1 is 1.38 bits per heavy atom. The molecule has 0 unspecified atom stereocenters. The molecule has 1 aromatic carbocycles. The van der Waals surface area contributed by atoms with Crippen molar-refractivity contribution in [2.24, 2.45) is 0 Å². The second kappa shape index (κ2) is 4.19. The number of nitrogens with one attached hydrogen (secondary N) is 1. The molecule has 0 atom stereocenters. The number of hydrogen-bond donors (Lipinski definition) is 3. The lowest BCUT2D eigenvalue weighted by molar-refractivity contribution is 0.102. The minimum Gasteiger partial charge on any atom is -0.399 e. The first kappa shape index (κ1) is 10.4. The number of carbonyl (C=O) groups excluding carboxylic acids is 1. The molecule has 0 aliphatic carbocycles. The van der Waals surface area contributed by atoms with Crippen molar-refractivity contribution in [3.05, 3.63) is 35.3 Å². The number of nitrogens with two attached hydrogens (primary N) is 2. The first-order chi connectivity index (χ1) is 7.66. The van der Waals surface area contributed by atoms with Gasteiger partial charge in [0.25, 0.3) is 5.91 Å². The Hall–Kier alpha value is -2.08. The summed E-state index contributed by atoms with van der Waals surface area (Å²) in [4.78, 5) is 15.7. The van der Waals surface area contributed by atoms with Crippen LogP contribution in [-0.4, -0.2) is 10.9 Å². The van der Waals surface area contributed by atoms with E-state index in [0.717, 1.165) is 0 Å². The molecule has 16 heavy (non-hydrogen) atoms. The van der Waals surface area contributed by atoms with Gasteiger partial charge in [0.1, 0.15) is 0 Å². The highest BCUT2D eigenvalue weighted by atomic mass is 32.1. The number of anilines is 3. The number of nitrogens with zero attached hydrogens (tertiary/aromatic N) is 1. The number of aromatic nitrogens is 1. The lowest BCUT2D eigenvalue weighted by atomic mass is 10.1. The topological polar surface area (TPSA) is 94.0 Å². The first-order valence-electron chi connectivity index (χ1n) is 4.52. The van der Waals surface area contributed by atoms with Crippen LogP contribution < -0.4 is 16.8 Å². The smallest absolute Gasteiger partial charge is 0.259 e. The Bertz CT molecular complexity index is 510. The molecule has 0 saturated heterocycles. The molecule has 0 bridgehead atoms. The molecule has 0 aliphatic rings. The molecule has 2 aromatic rings. The number of benzene rings is 1. The molecule has 0 aliphatic heterocycles. The number of nitrogen functional groups attached to an aromatic ring is 2. The average Bonchev–Trinajstić information content (AvgIpc) is 2.70. The Labute approximate surface area is 96.1 Å². The fourth-order valence-electron chi connectivity index (χ4n) is 1.24. The highest BCUT2D eigenvalue weighted by molar-refractivity contribution is 7.13. The van der Waals surface area contributed by atoms with Gasteiger partial charge in [-0.15, -0.1) is 11.3 Å². The van der Waals surface area contributed by atoms with Gasteiger partial charge >= 0.3 is 0 Å². The van der Waals surface area contributed by atoms with E-state index in [1.54, 1.807) is 29.8 Å². The summed E-state index contributed by atoms with van der Waals surface area (Å²) >= 11 is 1.35. The van der Waals surface area contributed by atoms with Gasteiger partial charge in [0.15, 0.2) is 5.13 Å². The summed E-state index contributed by atoms with van der Waals surface area (Å²) in [5, 5.41) is 4.97. The van der Waals surface area contributed by atoms with Crippen LogP contribution in [0.3, 0.4) is 0 Å². The average molecular weight is 234 g/mol. The van der Waals surface area contributed by atoms with Crippen molar-refractivity contribution in [2.45, 2.75) is 0 Å². The zero-order chi connectivity index (χ0) is 11.5. The highest BCUT2D eigenvalue weighted by Gasteiger charge is 2.10. The Kier molecular flexibility index (Phi) is 2.74. The number of rotatable bonds is 2. The number of thiazole rings is 1. The van der Waals surface area contributed by atoms with Crippen LogP contribution in [0.4, 0.5) is 16.5 Å². The fraction of sp³-hybridized carbons (Fsp3) is 0. The summed E-state index contributed by atoms with van der Waals surface area (Å²) in [7, 11) is 0. The van der Waals surface area contributed by atoms with Gasteiger partial charge in [-0.3, -0.25) is 10.1 Å². The fourth-order valence-corrected chi connectivity index (χ4v) is 1.76. The summed E-state index contributed by atoms with van der Waals surface area (Å²) in [6.07, 6.45) is 1.62. The van der Waals surface area contributed by atoms with Crippen molar-refractivity contribution in [1.82, 2.24) is 4.98 Å². The molecule has 1 heterocycles. The third-order valence-electron chi connectivity index (χ3n) is 1.97. The summed E-state index contributed by atoms with van der Waals surface area (Å²) < 4.78 is 0. The van der Waals surface area contributed by atoms with Crippen molar-refractivity contribution < 1.29 is 4.79 Å². The third-order valence-corrected chi connectivity index (χ3v) is 2.66. The lowest BCUT2D eigenvalue weighted by Crippen LogP contribution is -2.13. The van der Waals surface area contributed by atoms with Crippen molar-refractivity contribution in [1.29, 1.82) is 0 Å². The molecule has 5 N–H and O–H groups in total. The van der Waals surface area contributed by atoms with E-state index in [0.29, 0.717) is 22.1 Å². The van der Waals surface area contributed by atoms with Crippen LogP contribution in [-0.2, 0) is 0 Å². The van der Waals surface area contributed by atoms with Gasteiger partial charge in [-0.05, 0) is 18.2 Å². The van der Waals surface area contributed by atoms with E-state index in [2.05, 4.69) is 10.3 Å². The second-order valence-electron chi connectivity index (χ2n) is 3.14. The molecule has 2 rings (SSSR count). The normalized spacial score (nSPS) is 10.0.